The Balaban J connectivity index is 1.63. The maximum Gasteiger partial charge on any atom is 0.191 e. The Morgan fingerprint density at radius 3 is 2.90 bits per heavy atom. The van der Waals surface area contributed by atoms with Crippen LogP contribution < -0.4 is 20.4 Å². The summed E-state index contributed by atoms with van der Waals surface area (Å²) in [4.78, 5) is 13.0. The molecule has 2 N–H and O–H groups in total. The van der Waals surface area contributed by atoms with Crippen LogP contribution in [0.25, 0.3) is 0 Å². The molecule has 6 nitrogen and oxygen atoms in total. The van der Waals surface area contributed by atoms with Crippen LogP contribution in [0.5, 0.6) is 0 Å². The number of aromatic nitrogens is 1. The van der Waals surface area contributed by atoms with Crippen LogP contribution in [-0.2, 0) is 6.54 Å². The first-order valence-corrected chi connectivity index (χ1v) is 10.2. The average molecular weight is 419 g/mol. The lowest BCUT2D eigenvalue weighted by molar-refractivity contribution is 0.623. The molecule has 1 saturated heterocycles. The van der Waals surface area contributed by atoms with Crippen LogP contribution in [0.4, 0.5) is 15.9 Å². The zero-order valence-corrected chi connectivity index (χ0v) is 17.9. The third-order valence-electron chi connectivity index (χ3n) is 4.83. The maximum absolute atomic E-state index is 14.2. The van der Waals surface area contributed by atoms with Gasteiger partial charge in [0.1, 0.15) is 11.6 Å². The summed E-state index contributed by atoms with van der Waals surface area (Å²) in [6, 6.07) is 9.16. The molecule has 0 bridgehead atoms. The van der Waals surface area contributed by atoms with E-state index in [1.165, 1.54) is 0 Å². The molecule has 1 aliphatic rings. The van der Waals surface area contributed by atoms with E-state index in [0.717, 1.165) is 43.4 Å². The minimum Gasteiger partial charge on any atom is -0.375 e. The monoisotopic (exact) mass is 418 g/mol. The first-order valence-electron chi connectivity index (χ1n) is 9.84. The van der Waals surface area contributed by atoms with E-state index in [-0.39, 0.29) is 11.9 Å². The van der Waals surface area contributed by atoms with Crippen molar-refractivity contribution in [3.05, 3.63) is 52.9 Å². The molecule has 0 saturated carbocycles. The zero-order valence-electron chi connectivity index (χ0n) is 17.1. The highest BCUT2D eigenvalue weighted by molar-refractivity contribution is 6.32. The van der Waals surface area contributed by atoms with Gasteiger partial charge in [-0.05, 0) is 43.2 Å². The highest BCUT2D eigenvalue weighted by Crippen LogP contribution is 2.25. The Morgan fingerprint density at radius 2 is 2.21 bits per heavy atom. The van der Waals surface area contributed by atoms with Gasteiger partial charge in [-0.15, -0.1) is 0 Å². The molecule has 0 amide bonds. The molecule has 3 rings (SSSR count). The highest BCUT2D eigenvalue weighted by atomic mass is 35.5. The normalized spacial score (nSPS) is 16.8. The number of aliphatic imine (C=N–C) groups is 1. The van der Waals surface area contributed by atoms with Gasteiger partial charge in [0.15, 0.2) is 5.96 Å². The number of hydrogen-bond acceptors (Lipinski definition) is 4. The number of anilines is 2. The van der Waals surface area contributed by atoms with Gasteiger partial charge in [0, 0.05) is 46.0 Å². The van der Waals surface area contributed by atoms with Crippen molar-refractivity contribution >= 4 is 29.1 Å². The fourth-order valence-corrected chi connectivity index (χ4v) is 3.62. The van der Waals surface area contributed by atoms with E-state index in [4.69, 9.17) is 11.6 Å². The summed E-state index contributed by atoms with van der Waals surface area (Å²) in [5.41, 5.74) is 1.40. The van der Waals surface area contributed by atoms with E-state index in [1.54, 1.807) is 23.2 Å². The minimum absolute atomic E-state index is 0.235. The molecule has 1 atom stereocenters. The Labute approximate surface area is 176 Å². The van der Waals surface area contributed by atoms with Crippen molar-refractivity contribution < 1.29 is 4.39 Å². The molecular weight excluding hydrogens is 391 g/mol. The summed E-state index contributed by atoms with van der Waals surface area (Å²) < 4.78 is 14.2. The topological polar surface area (TPSA) is 55.8 Å². The lowest BCUT2D eigenvalue weighted by Gasteiger charge is -2.20. The molecule has 1 fully saturated rings. The van der Waals surface area contributed by atoms with Gasteiger partial charge in [-0.25, -0.2) is 14.4 Å². The van der Waals surface area contributed by atoms with E-state index in [1.807, 2.05) is 39.2 Å². The Hall–Kier alpha value is -2.54. The molecule has 0 aliphatic carbocycles. The molecule has 1 aliphatic heterocycles. The quantitative estimate of drug-likeness (QED) is 0.557. The standard InChI is InChI=1S/C21H28ClFN6/c1-4-24-21(26-13-15-7-8-19(28(2)3)18(23)12-15)27-16-9-11-29(14-16)20-17(22)6-5-10-25-20/h5-8,10,12,16H,4,9,11,13-14H2,1-3H3,(H2,24,26,27). The molecule has 29 heavy (non-hydrogen) atoms. The van der Waals surface area contributed by atoms with Crippen molar-refractivity contribution in [2.75, 3.05) is 43.5 Å². The third kappa shape index (κ3) is 5.50. The molecule has 1 aromatic carbocycles. The predicted octanol–water partition coefficient (Wildman–Crippen LogP) is 3.27. The van der Waals surface area contributed by atoms with Gasteiger partial charge in [-0.2, -0.15) is 0 Å². The molecule has 0 spiro atoms. The lowest BCUT2D eigenvalue weighted by atomic mass is 10.2. The number of nitrogens with zero attached hydrogens (tertiary/aromatic N) is 4. The second-order valence-corrected chi connectivity index (χ2v) is 7.67. The van der Waals surface area contributed by atoms with Crippen LogP contribution in [0.2, 0.25) is 5.02 Å². The number of pyridine rings is 1. The molecule has 2 heterocycles. The van der Waals surface area contributed by atoms with Crippen LogP contribution in [-0.4, -0.2) is 50.7 Å². The van der Waals surface area contributed by atoms with Crippen LogP contribution in [0.15, 0.2) is 41.5 Å². The van der Waals surface area contributed by atoms with E-state index >= 15 is 0 Å². The molecule has 0 radical (unpaired) electrons. The van der Waals surface area contributed by atoms with Gasteiger partial charge >= 0.3 is 0 Å². The molecule has 1 aromatic heterocycles. The Kier molecular flexibility index (Phi) is 7.14. The first-order chi connectivity index (χ1) is 14.0. The van der Waals surface area contributed by atoms with Gasteiger partial charge < -0.3 is 20.4 Å². The zero-order chi connectivity index (χ0) is 20.8. The van der Waals surface area contributed by atoms with Gasteiger partial charge in [0.05, 0.1) is 17.3 Å². The van der Waals surface area contributed by atoms with E-state index in [0.29, 0.717) is 17.3 Å². The average Bonchev–Trinajstić information content (AvgIpc) is 3.14. The van der Waals surface area contributed by atoms with Crippen molar-refractivity contribution in [2.45, 2.75) is 25.9 Å². The van der Waals surface area contributed by atoms with Gasteiger partial charge in [0.25, 0.3) is 0 Å². The summed E-state index contributed by atoms with van der Waals surface area (Å²) in [6.07, 6.45) is 2.72. The smallest absolute Gasteiger partial charge is 0.191 e. The number of halogens is 2. The van der Waals surface area contributed by atoms with Crippen LogP contribution in [0.3, 0.4) is 0 Å². The highest BCUT2D eigenvalue weighted by Gasteiger charge is 2.25. The van der Waals surface area contributed by atoms with Crippen LogP contribution >= 0.6 is 11.6 Å². The number of hydrogen-bond donors (Lipinski definition) is 2. The van der Waals surface area contributed by atoms with Crippen molar-refractivity contribution in [2.24, 2.45) is 4.99 Å². The Morgan fingerprint density at radius 1 is 1.38 bits per heavy atom. The summed E-state index contributed by atoms with van der Waals surface area (Å²) in [5, 5.41) is 7.41. The largest absolute Gasteiger partial charge is 0.375 e. The first kappa shape index (κ1) is 21.2. The lowest BCUT2D eigenvalue weighted by Crippen LogP contribution is -2.44. The fourth-order valence-electron chi connectivity index (χ4n) is 3.38. The van der Waals surface area contributed by atoms with Gasteiger partial charge in [-0.1, -0.05) is 17.7 Å². The van der Waals surface area contributed by atoms with Gasteiger partial charge in [0.2, 0.25) is 0 Å². The molecule has 2 aromatic rings. The number of guanidine groups is 1. The second-order valence-electron chi connectivity index (χ2n) is 7.26. The number of nitrogens with one attached hydrogen (secondary N) is 2. The van der Waals surface area contributed by atoms with Crippen molar-refractivity contribution in [3.63, 3.8) is 0 Å². The summed E-state index contributed by atoms with van der Waals surface area (Å²) in [7, 11) is 3.65. The molecule has 8 heteroatoms. The van der Waals surface area contributed by atoms with E-state index in [9.17, 15) is 4.39 Å². The second kappa shape index (κ2) is 9.78. The molecular formula is C21H28ClFN6. The fraction of sp³-hybridized carbons (Fsp3) is 0.429. The SMILES string of the molecule is CCNC(=NCc1ccc(N(C)C)c(F)c1)NC1CCN(c2ncccc2Cl)C1. The predicted molar refractivity (Wildman–Crippen MR) is 119 cm³/mol. The summed E-state index contributed by atoms with van der Waals surface area (Å²) in [6.45, 7) is 4.86. The van der Waals surface area contributed by atoms with Gasteiger partial charge in [-0.3, -0.25) is 0 Å². The van der Waals surface area contributed by atoms with Crippen LogP contribution in [0.1, 0.15) is 18.9 Å². The summed E-state index contributed by atoms with van der Waals surface area (Å²) in [5.74, 6) is 1.31. The van der Waals surface area contributed by atoms with E-state index in [2.05, 4.69) is 25.5 Å². The molecule has 156 valence electrons. The summed E-state index contributed by atoms with van der Waals surface area (Å²) >= 11 is 6.27. The third-order valence-corrected chi connectivity index (χ3v) is 5.12. The molecule has 1 unspecified atom stereocenters. The minimum atomic E-state index is -0.237. The Bertz CT molecular complexity index is 857. The van der Waals surface area contributed by atoms with E-state index < -0.39 is 0 Å². The number of benzene rings is 1. The maximum atomic E-state index is 14.2. The van der Waals surface area contributed by atoms with Crippen molar-refractivity contribution in [1.29, 1.82) is 0 Å². The van der Waals surface area contributed by atoms with Crippen molar-refractivity contribution in [3.8, 4) is 0 Å². The number of rotatable bonds is 6. The van der Waals surface area contributed by atoms with Crippen LogP contribution in [0, 0.1) is 5.82 Å². The van der Waals surface area contributed by atoms with Crippen molar-refractivity contribution in [1.82, 2.24) is 15.6 Å².